The molecule has 20 heavy (non-hydrogen) atoms. The van der Waals surface area contributed by atoms with Gasteiger partial charge in [0, 0.05) is 5.92 Å². The van der Waals surface area contributed by atoms with Crippen molar-refractivity contribution < 1.29 is 10.2 Å². The number of nitrogens with zero attached hydrogens (tertiary/aromatic N) is 3. The normalized spacial score (nSPS) is 26.5. The molecule has 8 heteroatoms. The van der Waals surface area contributed by atoms with Gasteiger partial charge in [0.15, 0.2) is 11.2 Å². The van der Waals surface area contributed by atoms with Crippen LogP contribution in [0.3, 0.4) is 0 Å². The Morgan fingerprint density at radius 3 is 3.00 bits per heavy atom. The van der Waals surface area contributed by atoms with E-state index >= 15 is 0 Å². The minimum Gasteiger partial charge on any atom is -0.396 e. The fourth-order valence-electron chi connectivity index (χ4n) is 2.74. The first-order valence-corrected chi connectivity index (χ1v) is 6.23. The summed E-state index contributed by atoms with van der Waals surface area (Å²) in [5, 5.41) is 19.2. The molecule has 0 amide bonds. The Labute approximate surface area is 113 Å². The maximum Gasteiger partial charge on any atom is 0.280 e. The van der Waals surface area contributed by atoms with Crippen LogP contribution in [0.15, 0.2) is 23.3 Å². The zero-order valence-corrected chi connectivity index (χ0v) is 10.7. The van der Waals surface area contributed by atoms with Crippen molar-refractivity contribution in [2.45, 2.75) is 18.6 Å². The standard InChI is InChI=1S/C12H15N5O3/c1-5-6(3-18)8(19)2-7(5)17-4-14-9-10(17)15-12(13)16-11(9)20/h4,6-8,18-19H,1-3H2,(H3,13,15,16,20). The average Bonchev–Trinajstić information content (AvgIpc) is 2.91. The number of rotatable bonds is 2. The summed E-state index contributed by atoms with van der Waals surface area (Å²) in [6.45, 7) is 3.76. The molecule has 2 aromatic rings. The minimum atomic E-state index is -0.672. The lowest BCUT2D eigenvalue weighted by Crippen LogP contribution is -2.17. The van der Waals surface area contributed by atoms with Gasteiger partial charge in [-0.15, -0.1) is 0 Å². The number of nitrogens with two attached hydrogens (primary N) is 1. The van der Waals surface area contributed by atoms with Crippen LogP contribution in [-0.2, 0) is 0 Å². The van der Waals surface area contributed by atoms with Crippen LogP contribution in [-0.4, -0.2) is 42.4 Å². The summed E-state index contributed by atoms with van der Waals surface area (Å²) in [6.07, 6.45) is 1.20. The van der Waals surface area contributed by atoms with Crippen LogP contribution >= 0.6 is 0 Å². The van der Waals surface area contributed by atoms with Gasteiger partial charge < -0.3 is 20.5 Å². The Kier molecular flexibility index (Phi) is 2.84. The van der Waals surface area contributed by atoms with Gasteiger partial charge in [-0.2, -0.15) is 4.98 Å². The lowest BCUT2D eigenvalue weighted by molar-refractivity contribution is 0.101. The van der Waals surface area contributed by atoms with Crippen molar-refractivity contribution in [2.24, 2.45) is 5.92 Å². The SMILES string of the molecule is C=C1C(CO)C(O)CC1n1cnc2c(=O)[nH]c(N)nc21. The number of H-pyrrole nitrogens is 1. The third kappa shape index (κ3) is 1.73. The largest absolute Gasteiger partial charge is 0.396 e. The molecule has 0 bridgehead atoms. The van der Waals surface area contributed by atoms with Gasteiger partial charge in [-0.25, -0.2) is 4.98 Å². The predicted molar refractivity (Wildman–Crippen MR) is 71.9 cm³/mol. The van der Waals surface area contributed by atoms with Crippen molar-refractivity contribution in [2.75, 3.05) is 12.3 Å². The van der Waals surface area contributed by atoms with Gasteiger partial charge >= 0.3 is 0 Å². The summed E-state index contributed by atoms with van der Waals surface area (Å²) in [7, 11) is 0. The molecule has 0 aliphatic heterocycles. The highest BCUT2D eigenvalue weighted by atomic mass is 16.3. The van der Waals surface area contributed by atoms with Gasteiger partial charge in [0.1, 0.15) is 0 Å². The molecule has 2 aromatic heterocycles. The number of nitrogens with one attached hydrogen (secondary N) is 1. The molecule has 0 radical (unpaired) electrons. The molecular weight excluding hydrogens is 262 g/mol. The van der Waals surface area contributed by atoms with Gasteiger partial charge in [-0.3, -0.25) is 9.78 Å². The summed E-state index contributed by atoms with van der Waals surface area (Å²) >= 11 is 0. The van der Waals surface area contributed by atoms with E-state index in [9.17, 15) is 15.0 Å². The highest BCUT2D eigenvalue weighted by Crippen LogP contribution is 2.39. The van der Waals surface area contributed by atoms with Crippen molar-refractivity contribution >= 4 is 17.1 Å². The van der Waals surface area contributed by atoms with E-state index in [-0.39, 0.29) is 30.0 Å². The van der Waals surface area contributed by atoms with Crippen LogP contribution in [0.1, 0.15) is 12.5 Å². The smallest absolute Gasteiger partial charge is 0.280 e. The molecule has 0 aromatic carbocycles. The summed E-state index contributed by atoms with van der Waals surface area (Å²) in [4.78, 5) is 22.2. The Morgan fingerprint density at radius 1 is 1.60 bits per heavy atom. The monoisotopic (exact) mass is 277 g/mol. The van der Waals surface area contributed by atoms with Gasteiger partial charge in [0.05, 0.1) is 25.1 Å². The van der Waals surface area contributed by atoms with Crippen molar-refractivity contribution in [1.29, 1.82) is 0 Å². The lowest BCUT2D eigenvalue weighted by Gasteiger charge is -2.15. The molecule has 3 atom stereocenters. The van der Waals surface area contributed by atoms with Gasteiger partial charge in [0.2, 0.25) is 5.95 Å². The van der Waals surface area contributed by atoms with E-state index in [2.05, 4.69) is 21.5 Å². The number of fused-ring (bicyclic) bond motifs is 1. The summed E-state index contributed by atoms with van der Waals surface area (Å²) in [6, 6.07) is -0.263. The second kappa shape index (κ2) is 4.43. The molecule has 1 aliphatic carbocycles. The van der Waals surface area contributed by atoms with E-state index in [1.54, 1.807) is 4.57 Å². The van der Waals surface area contributed by atoms with Crippen molar-refractivity contribution in [3.05, 3.63) is 28.8 Å². The number of nitrogen functional groups attached to an aromatic ring is 1. The maximum absolute atomic E-state index is 11.7. The quantitative estimate of drug-likeness (QED) is 0.530. The van der Waals surface area contributed by atoms with Crippen molar-refractivity contribution in [3.63, 3.8) is 0 Å². The van der Waals surface area contributed by atoms with Crippen molar-refractivity contribution in [1.82, 2.24) is 19.5 Å². The lowest BCUT2D eigenvalue weighted by atomic mass is 10.0. The molecule has 106 valence electrons. The highest BCUT2D eigenvalue weighted by Gasteiger charge is 2.37. The number of aliphatic hydroxyl groups excluding tert-OH is 2. The number of aromatic nitrogens is 4. The fraction of sp³-hybridized carbons (Fsp3) is 0.417. The van der Waals surface area contributed by atoms with Crippen LogP contribution in [0.2, 0.25) is 0 Å². The first-order valence-electron chi connectivity index (χ1n) is 6.23. The van der Waals surface area contributed by atoms with Crippen molar-refractivity contribution in [3.8, 4) is 0 Å². The first kappa shape index (κ1) is 12.8. The number of imidazole rings is 1. The van der Waals surface area contributed by atoms with Crippen LogP contribution < -0.4 is 11.3 Å². The van der Waals surface area contributed by atoms with Crippen LogP contribution in [0, 0.1) is 5.92 Å². The van der Waals surface area contributed by atoms with Gasteiger partial charge in [-0.05, 0) is 12.0 Å². The fourth-order valence-corrected chi connectivity index (χ4v) is 2.74. The first-order chi connectivity index (χ1) is 9.52. The molecule has 0 saturated heterocycles. The summed E-state index contributed by atoms with van der Waals surface area (Å²) in [5.74, 6) is -0.371. The molecule has 8 nitrogen and oxygen atoms in total. The zero-order chi connectivity index (χ0) is 14.4. The number of aromatic amines is 1. The Morgan fingerprint density at radius 2 is 2.35 bits per heavy atom. The molecule has 0 spiro atoms. The molecular formula is C12H15N5O3. The topological polar surface area (TPSA) is 130 Å². The third-order valence-electron chi connectivity index (χ3n) is 3.82. The summed E-state index contributed by atoms with van der Waals surface area (Å²) in [5.41, 5.74) is 6.37. The number of aliphatic hydroxyl groups is 2. The van der Waals surface area contributed by atoms with E-state index in [0.29, 0.717) is 17.6 Å². The van der Waals surface area contributed by atoms with E-state index < -0.39 is 11.7 Å². The molecule has 5 N–H and O–H groups in total. The second-order valence-electron chi connectivity index (χ2n) is 4.96. The Hall–Kier alpha value is -2.19. The number of anilines is 1. The van der Waals surface area contributed by atoms with Crippen LogP contribution in [0.25, 0.3) is 11.2 Å². The maximum atomic E-state index is 11.7. The van der Waals surface area contributed by atoms with E-state index in [0.717, 1.165) is 0 Å². The van der Waals surface area contributed by atoms with E-state index in [1.807, 2.05) is 0 Å². The molecule has 3 unspecified atom stereocenters. The number of hydrogen-bond acceptors (Lipinski definition) is 6. The average molecular weight is 277 g/mol. The Balaban J connectivity index is 2.12. The minimum absolute atomic E-state index is 0.00659. The van der Waals surface area contributed by atoms with Crippen LogP contribution in [0.4, 0.5) is 5.95 Å². The number of hydrogen-bond donors (Lipinski definition) is 4. The predicted octanol–water partition coefficient (Wildman–Crippen LogP) is -0.828. The molecule has 1 aliphatic rings. The van der Waals surface area contributed by atoms with Gasteiger partial charge in [0.25, 0.3) is 5.56 Å². The molecule has 2 heterocycles. The summed E-state index contributed by atoms with van der Waals surface area (Å²) < 4.78 is 1.67. The molecule has 1 fully saturated rings. The highest BCUT2D eigenvalue weighted by molar-refractivity contribution is 5.70. The molecule has 3 rings (SSSR count). The zero-order valence-electron chi connectivity index (χ0n) is 10.7. The van der Waals surface area contributed by atoms with Gasteiger partial charge in [-0.1, -0.05) is 6.58 Å². The second-order valence-corrected chi connectivity index (χ2v) is 4.96. The third-order valence-corrected chi connectivity index (χ3v) is 3.82. The molecule has 1 saturated carbocycles. The van der Waals surface area contributed by atoms with Crippen LogP contribution in [0.5, 0.6) is 0 Å². The van der Waals surface area contributed by atoms with E-state index in [1.165, 1.54) is 6.33 Å². The van der Waals surface area contributed by atoms with E-state index in [4.69, 9.17) is 5.73 Å². The Bertz CT molecular complexity index is 734.